The minimum absolute atomic E-state index is 0. The molecule has 2 atom stereocenters. The third-order valence-corrected chi connectivity index (χ3v) is 4.11. The third-order valence-electron chi connectivity index (χ3n) is 4.11. The number of benzene rings is 1. The smallest absolute Gasteiger partial charge is 0.247 e. The second kappa shape index (κ2) is 9.53. The van der Waals surface area contributed by atoms with Crippen LogP contribution in [0.25, 0.3) is 0 Å². The predicted octanol–water partition coefficient (Wildman–Crippen LogP) is 1.89. The van der Waals surface area contributed by atoms with Gasteiger partial charge in [-0.25, -0.2) is 0 Å². The van der Waals surface area contributed by atoms with Crippen molar-refractivity contribution < 1.29 is 9.59 Å². The van der Waals surface area contributed by atoms with Crippen LogP contribution in [0.3, 0.4) is 0 Å². The number of hydrogen-bond acceptors (Lipinski definition) is 3. The van der Waals surface area contributed by atoms with Crippen molar-refractivity contribution >= 4 is 24.2 Å². The zero-order valence-corrected chi connectivity index (χ0v) is 14.6. The van der Waals surface area contributed by atoms with Crippen LogP contribution >= 0.6 is 12.4 Å². The fourth-order valence-electron chi connectivity index (χ4n) is 2.66. The van der Waals surface area contributed by atoms with Crippen molar-refractivity contribution in [3.05, 3.63) is 35.9 Å². The molecule has 5 nitrogen and oxygen atoms in total. The van der Waals surface area contributed by atoms with E-state index in [2.05, 4.69) is 10.6 Å². The molecule has 23 heavy (non-hydrogen) atoms. The number of likely N-dealkylation sites (N-methyl/N-ethyl adjacent to an activating group) is 1. The third kappa shape index (κ3) is 5.22. The molecule has 2 amide bonds. The minimum Gasteiger partial charge on any atom is -0.352 e. The summed E-state index contributed by atoms with van der Waals surface area (Å²) < 4.78 is 0. The van der Waals surface area contributed by atoms with Gasteiger partial charge in [-0.05, 0) is 32.4 Å². The van der Waals surface area contributed by atoms with Crippen molar-refractivity contribution in [1.29, 1.82) is 0 Å². The number of carbonyl (C=O) groups excluding carboxylic acids is 2. The Labute approximate surface area is 144 Å². The highest BCUT2D eigenvalue weighted by atomic mass is 35.5. The minimum atomic E-state index is -0.530. The Morgan fingerprint density at radius 3 is 2.57 bits per heavy atom. The van der Waals surface area contributed by atoms with Crippen molar-refractivity contribution in [2.45, 2.75) is 38.3 Å². The topological polar surface area (TPSA) is 61.4 Å². The quantitative estimate of drug-likeness (QED) is 0.832. The van der Waals surface area contributed by atoms with E-state index in [1.54, 1.807) is 4.90 Å². The van der Waals surface area contributed by atoms with Gasteiger partial charge < -0.3 is 15.5 Å². The molecule has 1 saturated heterocycles. The van der Waals surface area contributed by atoms with E-state index in [-0.39, 0.29) is 30.3 Å². The number of halogens is 1. The van der Waals surface area contributed by atoms with Crippen LogP contribution in [0, 0.1) is 0 Å². The van der Waals surface area contributed by atoms with Crippen molar-refractivity contribution in [3.8, 4) is 0 Å². The van der Waals surface area contributed by atoms with Gasteiger partial charge in [-0.3, -0.25) is 9.59 Å². The van der Waals surface area contributed by atoms with Gasteiger partial charge in [0.1, 0.15) is 6.04 Å². The summed E-state index contributed by atoms with van der Waals surface area (Å²) in [6.07, 6.45) is 2.40. The van der Waals surface area contributed by atoms with E-state index in [9.17, 15) is 9.59 Å². The molecule has 2 unspecified atom stereocenters. The van der Waals surface area contributed by atoms with E-state index in [1.807, 2.05) is 44.3 Å². The lowest BCUT2D eigenvalue weighted by Crippen LogP contribution is -2.47. The van der Waals surface area contributed by atoms with Crippen LogP contribution in [-0.4, -0.2) is 42.9 Å². The maximum atomic E-state index is 12.7. The number of nitrogens with zero attached hydrogens (tertiary/aromatic N) is 1. The van der Waals surface area contributed by atoms with E-state index in [0.29, 0.717) is 19.5 Å². The maximum absolute atomic E-state index is 12.7. The molecule has 0 radical (unpaired) electrons. The van der Waals surface area contributed by atoms with Gasteiger partial charge in [-0.2, -0.15) is 0 Å². The standard InChI is InChI=1S/C17H25N3O2.ClH/c1-13(18-2)12-19-17(22)16(14-8-4-3-5-9-14)20-11-7-6-10-15(20)21;/h3-5,8-9,13,16,18H,6-7,10-12H2,1-2H3,(H,19,22);1H. The molecule has 1 heterocycles. The molecule has 0 bridgehead atoms. The molecule has 6 heteroatoms. The zero-order valence-electron chi connectivity index (χ0n) is 13.7. The first-order valence-corrected chi connectivity index (χ1v) is 7.93. The van der Waals surface area contributed by atoms with Gasteiger partial charge in [0.2, 0.25) is 11.8 Å². The summed E-state index contributed by atoms with van der Waals surface area (Å²) in [5.41, 5.74) is 0.868. The highest BCUT2D eigenvalue weighted by molar-refractivity contribution is 5.89. The average Bonchev–Trinajstić information content (AvgIpc) is 2.55. The first kappa shape index (κ1) is 19.5. The second-order valence-corrected chi connectivity index (χ2v) is 5.79. The monoisotopic (exact) mass is 339 g/mol. The fourth-order valence-corrected chi connectivity index (χ4v) is 2.66. The Balaban J connectivity index is 0.00000264. The zero-order chi connectivity index (χ0) is 15.9. The Morgan fingerprint density at radius 2 is 1.96 bits per heavy atom. The van der Waals surface area contributed by atoms with E-state index in [0.717, 1.165) is 18.4 Å². The van der Waals surface area contributed by atoms with Gasteiger partial charge in [0.15, 0.2) is 0 Å². The van der Waals surface area contributed by atoms with Crippen LogP contribution in [0.2, 0.25) is 0 Å². The van der Waals surface area contributed by atoms with Gasteiger partial charge in [0.05, 0.1) is 0 Å². The SMILES string of the molecule is CNC(C)CNC(=O)C(c1ccccc1)N1CCCCC1=O.Cl. The first-order chi connectivity index (χ1) is 10.6. The van der Waals surface area contributed by atoms with Gasteiger partial charge in [-0.1, -0.05) is 30.3 Å². The molecule has 0 aromatic heterocycles. The number of hydrogen-bond donors (Lipinski definition) is 2. The number of nitrogens with one attached hydrogen (secondary N) is 2. The molecule has 0 saturated carbocycles. The van der Waals surface area contributed by atoms with E-state index >= 15 is 0 Å². The summed E-state index contributed by atoms with van der Waals surface area (Å²) in [4.78, 5) is 26.6. The van der Waals surface area contributed by atoms with Crippen LogP contribution in [-0.2, 0) is 9.59 Å². The molecule has 1 aliphatic heterocycles. The number of carbonyl (C=O) groups is 2. The summed E-state index contributed by atoms with van der Waals surface area (Å²) in [5.74, 6) is -0.0412. The number of rotatable bonds is 6. The predicted molar refractivity (Wildman–Crippen MR) is 93.5 cm³/mol. The summed E-state index contributed by atoms with van der Waals surface area (Å²) in [6.45, 7) is 3.19. The Kier molecular flexibility index (Phi) is 8.06. The summed E-state index contributed by atoms with van der Waals surface area (Å²) in [5, 5.41) is 6.05. The van der Waals surface area contributed by atoms with E-state index < -0.39 is 6.04 Å². The van der Waals surface area contributed by atoms with Crippen LogP contribution in [0.5, 0.6) is 0 Å². The lowest BCUT2D eigenvalue weighted by atomic mass is 10.0. The second-order valence-electron chi connectivity index (χ2n) is 5.79. The summed E-state index contributed by atoms with van der Waals surface area (Å²) in [6, 6.07) is 9.21. The number of piperidine rings is 1. The molecular weight excluding hydrogens is 314 g/mol. The normalized spacial score (nSPS) is 17.1. The number of likely N-dealkylation sites (tertiary alicyclic amines) is 1. The van der Waals surface area contributed by atoms with Gasteiger partial charge in [-0.15, -0.1) is 12.4 Å². The Morgan fingerprint density at radius 1 is 1.26 bits per heavy atom. The highest BCUT2D eigenvalue weighted by Gasteiger charge is 2.32. The number of amides is 2. The Hall–Kier alpha value is -1.59. The van der Waals surface area contributed by atoms with Crippen molar-refractivity contribution in [2.24, 2.45) is 0 Å². The molecule has 1 aliphatic rings. The molecule has 0 spiro atoms. The highest BCUT2D eigenvalue weighted by Crippen LogP contribution is 2.25. The van der Waals surface area contributed by atoms with Crippen LogP contribution in [0.1, 0.15) is 37.8 Å². The molecular formula is C17H26ClN3O2. The van der Waals surface area contributed by atoms with E-state index in [4.69, 9.17) is 0 Å². The van der Waals surface area contributed by atoms with Gasteiger partial charge >= 0.3 is 0 Å². The van der Waals surface area contributed by atoms with Crippen LogP contribution in [0.15, 0.2) is 30.3 Å². The molecule has 128 valence electrons. The molecule has 2 rings (SSSR count). The fraction of sp³-hybridized carbons (Fsp3) is 0.529. The first-order valence-electron chi connectivity index (χ1n) is 7.93. The van der Waals surface area contributed by atoms with Gasteiger partial charge in [0, 0.05) is 25.6 Å². The van der Waals surface area contributed by atoms with Crippen molar-refractivity contribution in [2.75, 3.05) is 20.1 Å². The molecule has 0 aliphatic carbocycles. The largest absolute Gasteiger partial charge is 0.352 e. The van der Waals surface area contributed by atoms with Crippen LogP contribution in [0.4, 0.5) is 0 Å². The molecule has 1 aromatic carbocycles. The molecule has 1 fully saturated rings. The van der Waals surface area contributed by atoms with Crippen molar-refractivity contribution in [3.63, 3.8) is 0 Å². The maximum Gasteiger partial charge on any atom is 0.247 e. The summed E-state index contributed by atoms with van der Waals surface area (Å²) >= 11 is 0. The molecule has 1 aromatic rings. The summed E-state index contributed by atoms with van der Waals surface area (Å²) in [7, 11) is 1.86. The average molecular weight is 340 g/mol. The Bertz CT molecular complexity index is 510. The lowest BCUT2D eigenvalue weighted by Gasteiger charge is -2.34. The van der Waals surface area contributed by atoms with E-state index in [1.165, 1.54) is 0 Å². The lowest BCUT2D eigenvalue weighted by molar-refractivity contribution is -0.142. The van der Waals surface area contributed by atoms with Crippen LogP contribution < -0.4 is 10.6 Å². The van der Waals surface area contributed by atoms with Gasteiger partial charge in [0.25, 0.3) is 0 Å². The van der Waals surface area contributed by atoms with Crippen molar-refractivity contribution in [1.82, 2.24) is 15.5 Å². The molecule has 2 N–H and O–H groups in total.